The standard InChI is InChI=1S/C16H15F3N2O3S/c1-9-13(14(22)21-11(15(23)24)8-16(17,18)19)25-12(20-9)7-10-5-3-2-4-6-10/h2-6,11H,7-8H2,1H3,(H,21,22)(H,23,24). The number of carbonyl (C=O) groups is 2. The summed E-state index contributed by atoms with van der Waals surface area (Å²) in [7, 11) is 0. The van der Waals surface area contributed by atoms with Gasteiger partial charge in [-0.05, 0) is 12.5 Å². The molecule has 1 unspecified atom stereocenters. The number of amides is 1. The predicted molar refractivity (Wildman–Crippen MR) is 85.7 cm³/mol. The Hall–Kier alpha value is -2.42. The van der Waals surface area contributed by atoms with Crippen molar-refractivity contribution in [2.45, 2.75) is 32.0 Å². The number of aromatic nitrogens is 1. The van der Waals surface area contributed by atoms with Crippen LogP contribution in [0.25, 0.3) is 0 Å². The highest BCUT2D eigenvalue weighted by atomic mass is 32.1. The molecule has 0 aliphatic heterocycles. The summed E-state index contributed by atoms with van der Waals surface area (Å²) < 4.78 is 37.3. The molecule has 134 valence electrons. The molecule has 1 heterocycles. The van der Waals surface area contributed by atoms with E-state index in [0.29, 0.717) is 17.1 Å². The van der Waals surface area contributed by atoms with E-state index < -0.39 is 30.5 Å². The van der Waals surface area contributed by atoms with Crippen molar-refractivity contribution in [1.29, 1.82) is 0 Å². The van der Waals surface area contributed by atoms with Gasteiger partial charge in [0.1, 0.15) is 10.9 Å². The number of alkyl halides is 3. The minimum absolute atomic E-state index is 0.111. The fourth-order valence-corrected chi connectivity index (χ4v) is 3.17. The average Bonchev–Trinajstić information content (AvgIpc) is 2.86. The molecule has 0 bridgehead atoms. The second-order valence-electron chi connectivity index (χ2n) is 5.37. The monoisotopic (exact) mass is 372 g/mol. The number of carboxylic acid groups (broad SMARTS) is 1. The Morgan fingerprint density at radius 1 is 1.28 bits per heavy atom. The third-order valence-electron chi connectivity index (χ3n) is 3.28. The van der Waals surface area contributed by atoms with Gasteiger partial charge < -0.3 is 10.4 Å². The maximum atomic E-state index is 12.4. The van der Waals surface area contributed by atoms with Crippen LogP contribution in [0.15, 0.2) is 30.3 Å². The quantitative estimate of drug-likeness (QED) is 0.816. The third-order valence-corrected chi connectivity index (χ3v) is 4.44. The van der Waals surface area contributed by atoms with E-state index >= 15 is 0 Å². The Morgan fingerprint density at radius 3 is 2.48 bits per heavy atom. The number of carboxylic acids is 1. The Bertz CT molecular complexity index is 760. The molecule has 1 amide bonds. The first-order chi connectivity index (χ1) is 11.7. The summed E-state index contributed by atoms with van der Waals surface area (Å²) in [5, 5.41) is 11.4. The Morgan fingerprint density at radius 2 is 1.92 bits per heavy atom. The molecule has 0 spiro atoms. The minimum Gasteiger partial charge on any atom is -0.480 e. The van der Waals surface area contributed by atoms with Crippen LogP contribution in [0.5, 0.6) is 0 Å². The maximum Gasteiger partial charge on any atom is 0.391 e. The molecule has 1 aromatic carbocycles. The van der Waals surface area contributed by atoms with Gasteiger partial charge in [-0.15, -0.1) is 11.3 Å². The van der Waals surface area contributed by atoms with Crippen molar-refractivity contribution < 1.29 is 27.9 Å². The summed E-state index contributed by atoms with van der Waals surface area (Å²) in [6.07, 6.45) is -5.86. The highest BCUT2D eigenvalue weighted by Crippen LogP contribution is 2.24. The van der Waals surface area contributed by atoms with Crippen molar-refractivity contribution >= 4 is 23.2 Å². The predicted octanol–water partition coefficient (Wildman–Crippen LogP) is 3.18. The molecule has 1 aromatic heterocycles. The van der Waals surface area contributed by atoms with Crippen LogP contribution in [0.2, 0.25) is 0 Å². The first-order valence-electron chi connectivity index (χ1n) is 7.26. The van der Waals surface area contributed by atoms with Crippen molar-refractivity contribution in [3.63, 3.8) is 0 Å². The van der Waals surface area contributed by atoms with Crippen molar-refractivity contribution in [2.24, 2.45) is 0 Å². The van der Waals surface area contributed by atoms with Crippen LogP contribution in [0.3, 0.4) is 0 Å². The van der Waals surface area contributed by atoms with Gasteiger partial charge in [-0.25, -0.2) is 9.78 Å². The van der Waals surface area contributed by atoms with Gasteiger partial charge in [0.25, 0.3) is 5.91 Å². The molecular weight excluding hydrogens is 357 g/mol. The van der Waals surface area contributed by atoms with Crippen LogP contribution in [0.1, 0.15) is 32.4 Å². The lowest BCUT2D eigenvalue weighted by atomic mass is 10.2. The topological polar surface area (TPSA) is 79.3 Å². The highest BCUT2D eigenvalue weighted by Gasteiger charge is 2.36. The molecule has 0 aliphatic carbocycles. The van der Waals surface area contributed by atoms with Gasteiger partial charge in [-0.2, -0.15) is 13.2 Å². The number of thiazole rings is 1. The van der Waals surface area contributed by atoms with E-state index in [1.54, 1.807) is 6.92 Å². The molecule has 0 fully saturated rings. The zero-order chi connectivity index (χ0) is 18.6. The number of hydrogen-bond acceptors (Lipinski definition) is 4. The molecular formula is C16H15F3N2O3S. The van der Waals surface area contributed by atoms with E-state index in [0.717, 1.165) is 16.9 Å². The Balaban J connectivity index is 2.12. The van der Waals surface area contributed by atoms with Crippen LogP contribution in [0.4, 0.5) is 13.2 Å². The van der Waals surface area contributed by atoms with E-state index in [1.807, 2.05) is 35.6 Å². The fourth-order valence-electron chi connectivity index (χ4n) is 2.16. The molecule has 0 saturated heterocycles. The SMILES string of the molecule is Cc1nc(Cc2ccccc2)sc1C(=O)NC(CC(F)(F)F)C(=O)O. The molecule has 2 rings (SSSR count). The molecule has 2 N–H and O–H groups in total. The molecule has 25 heavy (non-hydrogen) atoms. The molecule has 0 saturated carbocycles. The Kier molecular flexibility index (Phi) is 5.78. The lowest BCUT2D eigenvalue weighted by molar-refractivity contribution is -0.157. The number of hydrogen-bond donors (Lipinski definition) is 2. The number of carbonyl (C=O) groups excluding carboxylic acids is 1. The smallest absolute Gasteiger partial charge is 0.391 e. The third kappa shape index (κ3) is 5.56. The van der Waals surface area contributed by atoms with E-state index in [9.17, 15) is 22.8 Å². The number of nitrogens with one attached hydrogen (secondary N) is 1. The zero-order valence-corrected chi connectivity index (χ0v) is 13.9. The van der Waals surface area contributed by atoms with Gasteiger partial charge in [-0.3, -0.25) is 4.79 Å². The molecule has 9 heteroatoms. The van der Waals surface area contributed by atoms with Gasteiger partial charge in [0.05, 0.1) is 17.1 Å². The lowest BCUT2D eigenvalue weighted by Crippen LogP contribution is -2.43. The van der Waals surface area contributed by atoms with Crippen molar-refractivity contribution in [2.75, 3.05) is 0 Å². The van der Waals surface area contributed by atoms with Crippen LogP contribution >= 0.6 is 11.3 Å². The van der Waals surface area contributed by atoms with E-state index in [2.05, 4.69) is 4.98 Å². The maximum absolute atomic E-state index is 12.4. The summed E-state index contributed by atoms with van der Waals surface area (Å²) in [6, 6.07) is 7.32. The van der Waals surface area contributed by atoms with E-state index in [1.165, 1.54) is 0 Å². The number of nitrogens with zero attached hydrogens (tertiary/aromatic N) is 1. The molecule has 0 aliphatic rings. The number of halogens is 3. The summed E-state index contributed by atoms with van der Waals surface area (Å²) in [4.78, 5) is 27.5. The molecule has 2 aromatic rings. The summed E-state index contributed by atoms with van der Waals surface area (Å²) >= 11 is 1.04. The van der Waals surface area contributed by atoms with Crippen LogP contribution in [0, 0.1) is 6.92 Å². The molecule has 5 nitrogen and oxygen atoms in total. The van der Waals surface area contributed by atoms with Gasteiger partial charge in [-0.1, -0.05) is 30.3 Å². The molecule has 0 radical (unpaired) electrons. The average molecular weight is 372 g/mol. The normalized spacial score (nSPS) is 12.6. The molecule has 1 atom stereocenters. The number of rotatable bonds is 6. The van der Waals surface area contributed by atoms with Gasteiger partial charge in [0.2, 0.25) is 0 Å². The van der Waals surface area contributed by atoms with Gasteiger partial charge in [0.15, 0.2) is 0 Å². The van der Waals surface area contributed by atoms with Crippen LogP contribution < -0.4 is 5.32 Å². The van der Waals surface area contributed by atoms with Crippen molar-refractivity contribution in [3.8, 4) is 0 Å². The van der Waals surface area contributed by atoms with Crippen LogP contribution in [-0.4, -0.2) is 34.2 Å². The number of benzene rings is 1. The first kappa shape index (κ1) is 18.9. The minimum atomic E-state index is -4.70. The number of aliphatic carboxylic acids is 1. The zero-order valence-electron chi connectivity index (χ0n) is 13.1. The van der Waals surface area contributed by atoms with Crippen molar-refractivity contribution in [1.82, 2.24) is 10.3 Å². The van der Waals surface area contributed by atoms with Gasteiger partial charge in [0, 0.05) is 6.42 Å². The van der Waals surface area contributed by atoms with Gasteiger partial charge >= 0.3 is 12.1 Å². The summed E-state index contributed by atoms with van der Waals surface area (Å²) in [5.74, 6) is -2.61. The summed E-state index contributed by atoms with van der Waals surface area (Å²) in [5.41, 5.74) is 1.33. The fraction of sp³-hybridized carbons (Fsp3) is 0.312. The van der Waals surface area contributed by atoms with E-state index in [-0.39, 0.29) is 4.88 Å². The first-order valence-corrected chi connectivity index (χ1v) is 8.08. The Labute approximate surface area is 145 Å². The van der Waals surface area contributed by atoms with E-state index in [4.69, 9.17) is 5.11 Å². The largest absolute Gasteiger partial charge is 0.480 e. The van der Waals surface area contributed by atoms with Crippen molar-refractivity contribution in [3.05, 3.63) is 51.5 Å². The summed E-state index contributed by atoms with van der Waals surface area (Å²) in [6.45, 7) is 1.55. The highest BCUT2D eigenvalue weighted by molar-refractivity contribution is 7.13. The lowest BCUT2D eigenvalue weighted by Gasteiger charge is -2.15. The second kappa shape index (κ2) is 7.64. The van der Waals surface area contributed by atoms with Crippen LogP contribution in [-0.2, 0) is 11.2 Å². The second-order valence-corrected chi connectivity index (χ2v) is 6.45. The number of aryl methyl sites for hydroxylation is 1.